The Balaban J connectivity index is 1.12. The van der Waals surface area contributed by atoms with Gasteiger partial charge in [0, 0.05) is 37.2 Å². The zero-order valence-corrected chi connectivity index (χ0v) is 17.2. The number of carbonyl (C=O) groups is 2. The summed E-state index contributed by atoms with van der Waals surface area (Å²) >= 11 is 0. The number of ether oxygens (including phenoxy) is 2. The Labute approximate surface area is 175 Å². The molecule has 3 amide bonds. The van der Waals surface area contributed by atoms with Crippen LogP contribution in [-0.2, 0) is 16.0 Å². The van der Waals surface area contributed by atoms with E-state index in [1.54, 1.807) is 19.2 Å². The molecule has 30 heavy (non-hydrogen) atoms. The van der Waals surface area contributed by atoms with Crippen molar-refractivity contribution in [1.29, 1.82) is 0 Å². The molecule has 4 fully saturated rings. The van der Waals surface area contributed by atoms with Crippen LogP contribution in [0.3, 0.4) is 0 Å². The molecule has 8 heteroatoms. The third kappa shape index (κ3) is 3.41. The Morgan fingerprint density at radius 2 is 2.13 bits per heavy atom. The molecule has 5 rings (SSSR count). The second-order valence-corrected chi connectivity index (χ2v) is 9.30. The first-order valence-electron chi connectivity index (χ1n) is 10.7. The molecule has 3 aliphatic heterocycles. The minimum absolute atomic E-state index is 0.0113. The Morgan fingerprint density at radius 1 is 1.33 bits per heavy atom. The standard InChI is InChI=1S/C22H28FN3O4/c1-29-18-4-2-3-16(23)15(18)7-14-8-22(9-14)12-26(13-22)21(28)25-6-5-19-17(10-25)24-20(27)11-30-19/h2-4,14,17,19H,5-13H2,1H3,(H,24,27)/t17-,19+/m1/s1. The van der Waals surface area contributed by atoms with E-state index in [9.17, 15) is 14.0 Å². The molecule has 1 N–H and O–H groups in total. The lowest BCUT2D eigenvalue weighted by Gasteiger charge is -2.60. The molecular formula is C22H28FN3O4. The van der Waals surface area contributed by atoms with Gasteiger partial charge in [0.05, 0.1) is 19.3 Å². The molecule has 0 unspecified atom stereocenters. The predicted molar refractivity (Wildman–Crippen MR) is 107 cm³/mol. The molecular weight excluding hydrogens is 389 g/mol. The summed E-state index contributed by atoms with van der Waals surface area (Å²) in [7, 11) is 1.57. The highest BCUT2D eigenvalue weighted by Gasteiger charge is 2.54. The highest BCUT2D eigenvalue weighted by molar-refractivity contribution is 5.79. The van der Waals surface area contributed by atoms with E-state index >= 15 is 0 Å². The van der Waals surface area contributed by atoms with E-state index in [1.165, 1.54) is 6.07 Å². The summed E-state index contributed by atoms with van der Waals surface area (Å²) in [6.45, 7) is 2.82. The van der Waals surface area contributed by atoms with Gasteiger partial charge < -0.3 is 24.6 Å². The average Bonchev–Trinajstić information content (AvgIpc) is 2.68. The maximum atomic E-state index is 14.2. The maximum Gasteiger partial charge on any atom is 0.320 e. The van der Waals surface area contributed by atoms with Crippen molar-refractivity contribution in [2.45, 2.75) is 37.8 Å². The monoisotopic (exact) mass is 417 g/mol. The Hall–Kier alpha value is -2.35. The fourth-order valence-electron chi connectivity index (χ4n) is 5.76. The first-order valence-corrected chi connectivity index (χ1v) is 10.7. The molecule has 4 aliphatic rings. The number of halogens is 1. The summed E-state index contributed by atoms with van der Waals surface area (Å²) < 4.78 is 25.1. The number of likely N-dealkylation sites (tertiary alicyclic amines) is 2. The van der Waals surface area contributed by atoms with Crippen LogP contribution < -0.4 is 10.1 Å². The number of hydrogen-bond acceptors (Lipinski definition) is 4. The third-order valence-electron chi connectivity index (χ3n) is 7.15. The minimum atomic E-state index is -0.206. The SMILES string of the molecule is COc1cccc(F)c1CC1CC2(C1)CN(C(=O)N1CC[C@@H]3OCC(=O)N[C@@H]3C1)C2. The number of rotatable bonds is 3. The quantitative estimate of drug-likeness (QED) is 0.814. The molecule has 1 spiro atoms. The highest BCUT2D eigenvalue weighted by Crippen LogP contribution is 2.53. The number of nitrogens with zero attached hydrogens (tertiary/aromatic N) is 2. The van der Waals surface area contributed by atoms with Crippen molar-refractivity contribution in [2.75, 3.05) is 39.9 Å². The topological polar surface area (TPSA) is 71.1 Å². The van der Waals surface area contributed by atoms with Crippen molar-refractivity contribution in [2.24, 2.45) is 11.3 Å². The molecule has 1 aromatic rings. The predicted octanol–water partition coefficient (Wildman–Crippen LogP) is 1.80. The molecule has 0 aromatic heterocycles. The lowest BCUT2D eigenvalue weighted by Crippen LogP contribution is -2.68. The van der Waals surface area contributed by atoms with Gasteiger partial charge >= 0.3 is 6.03 Å². The number of carbonyl (C=O) groups excluding carboxylic acids is 2. The summed E-state index contributed by atoms with van der Waals surface area (Å²) in [4.78, 5) is 28.2. The van der Waals surface area contributed by atoms with Gasteiger partial charge in [-0.2, -0.15) is 0 Å². The molecule has 0 bridgehead atoms. The zero-order valence-electron chi connectivity index (χ0n) is 17.2. The number of methoxy groups -OCH3 is 1. The van der Waals surface area contributed by atoms with Gasteiger partial charge in [0.15, 0.2) is 0 Å². The summed E-state index contributed by atoms with van der Waals surface area (Å²) in [5.74, 6) is 0.727. The van der Waals surface area contributed by atoms with Crippen molar-refractivity contribution in [3.05, 3.63) is 29.6 Å². The van der Waals surface area contributed by atoms with Gasteiger partial charge in [0.2, 0.25) is 5.91 Å². The minimum Gasteiger partial charge on any atom is -0.496 e. The second kappa shape index (κ2) is 7.41. The van der Waals surface area contributed by atoms with Crippen LogP contribution in [0.5, 0.6) is 5.75 Å². The van der Waals surface area contributed by atoms with Gasteiger partial charge in [0.1, 0.15) is 18.2 Å². The van der Waals surface area contributed by atoms with Crippen molar-refractivity contribution >= 4 is 11.9 Å². The van der Waals surface area contributed by atoms with Crippen LogP contribution in [0.4, 0.5) is 9.18 Å². The summed E-state index contributed by atoms with van der Waals surface area (Å²) in [6.07, 6.45) is 3.48. The Kier molecular flexibility index (Phi) is 4.84. The van der Waals surface area contributed by atoms with Gasteiger partial charge in [-0.25, -0.2) is 9.18 Å². The van der Waals surface area contributed by atoms with Gasteiger partial charge in [-0.3, -0.25) is 4.79 Å². The molecule has 162 valence electrons. The molecule has 3 heterocycles. The van der Waals surface area contributed by atoms with Crippen molar-refractivity contribution in [3.8, 4) is 5.75 Å². The van der Waals surface area contributed by atoms with Gasteiger partial charge in [-0.15, -0.1) is 0 Å². The van der Waals surface area contributed by atoms with Gasteiger partial charge in [-0.1, -0.05) is 6.07 Å². The van der Waals surface area contributed by atoms with Gasteiger partial charge in [0.25, 0.3) is 0 Å². The Bertz CT molecular complexity index is 849. The van der Waals surface area contributed by atoms with Crippen LogP contribution in [0.15, 0.2) is 18.2 Å². The van der Waals surface area contributed by atoms with Crippen LogP contribution in [-0.4, -0.2) is 73.8 Å². The number of hydrogen-bond donors (Lipinski definition) is 1. The molecule has 3 saturated heterocycles. The van der Waals surface area contributed by atoms with E-state index in [0.29, 0.717) is 36.7 Å². The average molecular weight is 417 g/mol. The molecule has 2 atom stereocenters. The van der Waals surface area contributed by atoms with E-state index in [-0.39, 0.29) is 41.9 Å². The second-order valence-electron chi connectivity index (χ2n) is 9.30. The number of morpholine rings is 1. The van der Waals surface area contributed by atoms with Crippen molar-refractivity contribution in [3.63, 3.8) is 0 Å². The molecule has 7 nitrogen and oxygen atoms in total. The number of fused-ring (bicyclic) bond motifs is 1. The van der Waals surface area contributed by atoms with E-state index in [1.807, 2.05) is 9.80 Å². The van der Waals surface area contributed by atoms with Crippen LogP contribution in [0.2, 0.25) is 0 Å². The van der Waals surface area contributed by atoms with E-state index in [0.717, 1.165) is 32.4 Å². The summed E-state index contributed by atoms with van der Waals surface area (Å²) in [6, 6.07) is 4.91. The first kappa shape index (κ1) is 19.6. The number of nitrogens with one attached hydrogen (secondary N) is 1. The van der Waals surface area contributed by atoms with Crippen LogP contribution in [0.1, 0.15) is 24.8 Å². The van der Waals surface area contributed by atoms with Crippen LogP contribution in [0.25, 0.3) is 0 Å². The van der Waals surface area contributed by atoms with E-state index in [2.05, 4.69) is 5.32 Å². The maximum absolute atomic E-state index is 14.2. The first-order chi connectivity index (χ1) is 14.5. The van der Waals surface area contributed by atoms with E-state index < -0.39 is 0 Å². The smallest absolute Gasteiger partial charge is 0.320 e. The largest absolute Gasteiger partial charge is 0.496 e. The fourth-order valence-corrected chi connectivity index (χ4v) is 5.76. The molecule has 1 aromatic carbocycles. The molecule has 0 radical (unpaired) electrons. The van der Waals surface area contributed by atoms with Crippen LogP contribution in [0, 0.1) is 17.2 Å². The van der Waals surface area contributed by atoms with Crippen molar-refractivity contribution in [1.82, 2.24) is 15.1 Å². The lowest BCUT2D eigenvalue weighted by molar-refractivity contribution is -0.140. The van der Waals surface area contributed by atoms with Crippen LogP contribution >= 0.6 is 0 Å². The number of benzene rings is 1. The number of amides is 3. The van der Waals surface area contributed by atoms with Crippen molar-refractivity contribution < 1.29 is 23.5 Å². The summed E-state index contributed by atoms with van der Waals surface area (Å²) in [5.41, 5.74) is 0.853. The normalized spacial score (nSPS) is 27.7. The third-order valence-corrected chi connectivity index (χ3v) is 7.15. The fraction of sp³-hybridized carbons (Fsp3) is 0.636. The van der Waals surface area contributed by atoms with Gasteiger partial charge in [-0.05, 0) is 43.7 Å². The Morgan fingerprint density at radius 3 is 2.90 bits per heavy atom. The number of urea groups is 1. The molecule has 1 aliphatic carbocycles. The molecule has 1 saturated carbocycles. The summed E-state index contributed by atoms with van der Waals surface area (Å²) in [5, 5.41) is 2.94. The number of piperidine rings is 1. The van der Waals surface area contributed by atoms with E-state index in [4.69, 9.17) is 9.47 Å². The highest BCUT2D eigenvalue weighted by atomic mass is 19.1. The lowest BCUT2D eigenvalue weighted by atomic mass is 9.56. The zero-order chi connectivity index (χ0) is 20.9.